The number of rotatable bonds is 5. The van der Waals surface area contributed by atoms with Gasteiger partial charge in [0.1, 0.15) is 5.84 Å². The Hall–Kier alpha value is -2.04. The van der Waals surface area contributed by atoms with Gasteiger partial charge in [0.05, 0.1) is 23.5 Å². The van der Waals surface area contributed by atoms with Crippen molar-refractivity contribution in [3.63, 3.8) is 0 Å². The van der Waals surface area contributed by atoms with Crippen molar-refractivity contribution in [3.8, 4) is 0 Å². The fourth-order valence-electron chi connectivity index (χ4n) is 4.39. The Labute approximate surface area is 179 Å². The molecule has 1 aliphatic heterocycles. The molecule has 1 fully saturated rings. The minimum absolute atomic E-state index is 0.0794. The summed E-state index contributed by atoms with van der Waals surface area (Å²) in [5.74, 6) is 1.07. The van der Waals surface area contributed by atoms with E-state index in [9.17, 15) is 0 Å². The standard InChI is InChI=1S/C24H31ClN4/c1-29(2)14-11-18-9-10-21-22(16-18)28-24(12-4-3-5-13-24)23(27-21)26-17-19-7-6-8-20(25)15-19/h6-10,15-16,28H,3-5,11-14,17H2,1-2H3,(H,26,27). The Morgan fingerprint density at radius 3 is 2.59 bits per heavy atom. The Morgan fingerprint density at radius 2 is 1.83 bits per heavy atom. The number of aliphatic imine (C=N–C) groups is 1. The van der Waals surface area contributed by atoms with Crippen LogP contribution < -0.4 is 10.6 Å². The molecule has 0 atom stereocenters. The summed E-state index contributed by atoms with van der Waals surface area (Å²) in [6, 6.07) is 14.7. The van der Waals surface area contributed by atoms with Crippen LogP contribution in [0.25, 0.3) is 0 Å². The molecular weight excluding hydrogens is 380 g/mol. The summed E-state index contributed by atoms with van der Waals surface area (Å²) in [4.78, 5) is 7.26. The normalized spacial score (nSPS) is 19.1. The topological polar surface area (TPSA) is 39.7 Å². The van der Waals surface area contributed by atoms with E-state index in [0.717, 1.165) is 47.9 Å². The van der Waals surface area contributed by atoms with Gasteiger partial charge >= 0.3 is 0 Å². The van der Waals surface area contributed by atoms with Gasteiger partial charge in [-0.1, -0.05) is 49.1 Å². The van der Waals surface area contributed by atoms with E-state index in [0.29, 0.717) is 6.54 Å². The molecule has 5 heteroatoms. The smallest absolute Gasteiger partial charge is 0.127 e. The Morgan fingerprint density at radius 1 is 1.00 bits per heavy atom. The van der Waals surface area contributed by atoms with Gasteiger partial charge in [-0.2, -0.15) is 0 Å². The number of fused-ring (bicyclic) bond motifs is 1. The number of anilines is 2. The highest BCUT2D eigenvalue weighted by Gasteiger charge is 2.40. The quantitative estimate of drug-likeness (QED) is 0.675. The molecule has 154 valence electrons. The lowest BCUT2D eigenvalue weighted by Gasteiger charge is -2.44. The molecule has 0 aromatic heterocycles. The molecule has 4 rings (SSSR count). The van der Waals surface area contributed by atoms with E-state index in [2.05, 4.69) is 53.9 Å². The van der Waals surface area contributed by atoms with Crippen LogP contribution in [0, 0.1) is 0 Å². The van der Waals surface area contributed by atoms with Crippen LogP contribution in [-0.4, -0.2) is 36.9 Å². The summed E-state index contributed by atoms with van der Waals surface area (Å²) in [6.07, 6.45) is 7.08. The minimum Gasteiger partial charge on any atom is -0.371 e. The van der Waals surface area contributed by atoms with Gasteiger partial charge in [0, 0.05) is 11.6 Å². The van der Waals surface area contributed by atoms with E-state index in [1.807, 2.05) is 18.2 Å². The average molecular weight is 411 g/mol. The second-order valence-electron chi connectivity index (χ2n) is 8.62. The van der Waals surface area contributed by atoms with E-state index in [-0.39, 0.29) is 5.54 Å². The first-order chi connectivity index (χ1) is 14.0. The van der Waals surface area contributed by atoms with Gasteiger partial charge in [-0.25, -0.2) is 0 Å². The van der Waals surface area contributed by atoms with Gasteiger partial charge < -0.3 is 15.5 Å². The molecule has 4 nitrogen and oxygen atoms in total. The molecule has 0 radical (unpaired) electrons. The molecule has 29 heavy (non-hydrogen) atoms. The molecule has 2 aliphatic rings. The minimum atomic E-state index is -0.0794. The molecular formula is C24H31ClN4. The molecule has 0 bridgehead atoms. The summed E-state index contributed by atoms with van der Waals surface area (Å²) < 4.78 is 0. The highest BCUT2D eigenvalue weighted by atomic mass is 35.5. The van der Waals surface area contributed by atoms with Crippen molar-refractivity contribution >= 4 is 28.8 Å². The summed E-state index contributed by atoms with van der Waals surface area (Å²) in [5, 5.41) is 8.35. The number of hydrogen-bond acceptors (Lipinski definition) is 3. The molecule has 2 aromatic carbocycles. The third kappa shape index (κ3) is 4.76. The molecule has 0 saturated heterocycles. The van der Waals surface area contributed by atoms with Crippen molar-refractivity contribution in [2.75, 3.05) is 31.3 Å². The molecule has 2 aromatic rings. The fourth-order valence-corrected chi connectivity index (χ4v) is 4.60. The van der Waals surface area contributed by atoms with Crippen molar-refractivity contribution in [2.45, 2.75) is 50.6 Å². The van der Waals surface area contributed by atoms with Crippen molar-refractivity contribution in [3.05, 3.63) is 58.6 Å². The SMILES string of the molecule is CN(C)CCc1ccc2c(c1)NC1(CCCCC1)C(=NCc1cccc(Cl)c1)N2. The first-order valence-electron chi connectivity index (χ1n) is 10.7. The van der Waals surface area contributed by atoms with Crippen LogP contribution in [-0.2, 0) is 13.0 Å². The molecule has 0 amide bonds. The zero-order valence-corrected chi connectivity index (χ0v) is 18.2. The summed E-state index contributed by atoms with van der Waals surface area (Å²) in [5.41, 5.74) is 4.77. The lowest BCUT2D eigenvalue weighted by atomic mass is 9.79. The highest BCUT2D eigenvalue weighted by molar-refractivity contribution is 6.30. The van der Waals surface area contributed by atoms with Crippen LogP contribution >= 0.6 is 11.6 Å². The van der Waals surface area contributed by atoms with Crippen molar-refractivity contribution < 1.29 is 0 Å². The molecule has 1 aliphatic carbocycles. The lowest BCUT2D eigenvalue weighted by Crippen LogP contribution is -2.53. The average Bonchev–Trinajstić information content (AvgIpc) is 2.71. The molecule has 1 saturated carbocycles. The maximum Gasteiger partial charge on any atom is 0.127 e. The van der Waals surface area contributed by atoms with Gasteiger partial charge in [0.15, 0.2) is 0 Å². The third-order valence-electron chi connectivity index (χ3n) is 6.03. The summed E-state index contributed by atoms with van der Waals surface area (Å²) in [6.45, 7) is 1.70. The van der Waals surface area contributed by atoms with Crippen LogP contribution in [0.3, 0.4) is 0 Å². The molecule has 0 unspecified atom stereocenters. The number of benzene rings is 2. The third-order valence-corrected chi connectivity index (χ3v) is 6.26. The van der Waals surface area contributed by atoms with Gasteiger partial charge in [-0.3, -0.25) is 4.99 Å². The predicted octanol–water partition coefficient (Wildman–Crippen LogP) is 5.58. The second kappa shape index (κ2) is 8.76. The second-order valence-corrected chi connectivity index (χ2v) is 9.06. The Balaban J connectivity index is 1.61. The number of nitrogens with zero attached hydrogens (tertiary/aromatic N) is 2. The van der Waals surface area contributed by atoms with Crippen LogP contribution in [0.5, 0.6) is 0 Å². The first-order valence-corrected chi connectivity index (χ1v) is 11.0. The van der Waals surface area contributed by atoms with Gasteiger partial charge in [-0.15, -0.1) is 0 Å². The summed E-state index contributed by atoms with van der Waals surface area (Å²) >= 11 is 6.16. The van der Waals surface area contributed by atoms with Gasteiger partial charge in [0.2, 0.25) is 0 Å². The van der Waals surface area contributed by atoms with E-state index in [1.165, 1.54) is 30.5 Å². The van der Waals surface area contributed by atoms with Crippen LogP contribution in [0.2, 0.25) is 5.02 Å². The molecule has 1 heterocycles. The van der Waals surface area contributed by atoms with Gasteiger partial charge in [-0.05, 0) is 68.8 Å². The Kier molecular flexibility index (Phi) is 6.12. The maximum atomic E-state index is 6.16. The number of likely N-dealkylation sites (N-methyl/N-ethyl adjacent to an activating group) is 1. The van der Waals surface area contributed by atoms with Gasteiger partial charge in [0.25, 0.3) is 0 Å². The number of hydrogen-bond donors (Lipinski definition) is 2. The summed E-state index contributed by atoms with van der Waals surface area (Å²) in [7, 11) is 4.25. The largest absolute Gasteiger partial charge is 0.371 e. The Bertz CT molecular complexity index is 884. The monoisotopic (exact) mass is 410 g/mol. The van der Waals surface area contributed by atoms with Crippen LogP contribution in [0.4, 0.5) is 11.4 Å². The molecule has 2 N–H and O–H groups in total. The van der Waals surface area contributed by atoms with E-state index in [1.54, 1.807) is 0 Å². The highest BCUT2D eigenvalue weighted by Crippen LogP contribution is 2.40. The molecule has 1 spiro atoms. The number of amidine groups is 1. The number of halogens is 1. The predicted molar refractivity (Wildman–Crippen MR) is 124 cm³/mol. The van der Waals surface area contributed by atoms with Crippen molar-refractivity contribution in [1.82, 2.24) is 4.90 Å². The zero-order valence-electron chi connectivity index (χ0n) is 17.5. The maximum absolute atomic E-state index is 6.16. The van der Waals surface area contributed by atoms with Crippen LogP contribution in [0.15, 0.2) is 47.5 Å². The number of nitrogens with one attached hydrogen (secondary N) is 2. The van der Waals surface area contributed by atoms with Crippen molar-refractivity contribution in [1.29, 1.82) is 0 Å². The van der Waals surface area contributed by atoms with Crippen LogP contribution in [0.1, 0.15) is 43.2 Å². The van der Waals surface area contributed by atoms with Crippen molar-refractivity contribution in [2.24, 2.45) is 4.99 Å². The fraction of sp³-hybridized carbons (Fsp3) is 0.458. The lowest BCUT2D eigenvalue weighted by molar-refractivity contribution is 0.402. The first kappa shape index (κ1) is 20.2. The zero-order chi connectivity index (χ0) is 20.3. The van der Waals surface area contributed by atoms with E-state index in [4.69, 9.17) is 16.6 Å². The van der Waals surface area contributed by atoms with E-state index < -0.39 is 0 Å². The van der Waals surface area contributed by atoms with E-state index >= 15 is 0 Å².